The van der Waals surface area contributed by atoms with Gasteiger partial charge in [0.05, 0.1) is 16.0 Å². The Bertz CT molecular complexity index is 961. The standard InChI is InChI=1S/C15H12N4O5/c20-14-16-12-8-11(19(22)23)6-7-13(12)18(14)17-15(21)24-9-10-4-2-1-3-5-10/h1-8H,9H2,(H,16,20)(H,17,21). The van der Waals surface area contributed by atoms with Crippen molar-refractivity contribution in [3.8, 4) is 0 Å². The lowest BCUT2D eigenvalue weighted by Gasteiger charge is -2.07. The molecule has 2 aromatic carbocycles. The van der Waals surface area contributed by atoms with E-state index in [1.165, 1.54) is 18.2 Å². The largest absolute Gasteiger partial charge is 0.443 e. The van der Waals surface area contributed by atoms with E-state index >= 15 is 0 Å². The quantitative estimate of drug-likeness (QED) is 0.561. The number of hydrogen-bond acceptors (Lipinski definition) is 5. The van der Waals surface area contributed by atoms with E-state index in [1.54, 1.807) is 12.1 Å². The van der Waals surface area contributed by atoms with Crippen LogP contribution in [0, 0.1) is 10.1 Å². The van der Waals surface area contributed by atoms with E-state index < -0.39 is 16.7 Å². The fourth-order valence-corrected chi connectivity index (χ4v) is 2.17. The summed E-state index contributed by atoms with van der Waals surface area (Å²) in [7, 11) is 0. The summed E-state index contributed by atoms with van der Waals surface area (Å²) in [6.07, 6.45) is -0.819. The normalized spacial score (nSPS) is 10.5. The predicted molar refractivity (Wildman–Crippen MR) is 85.2 cm³/mol. The van der Waals surface area contributed by atoms with E-state index in [9.17, 15) is 19.7 Å². The summed E-state index contributed by atoms with van der Waals surface area (Å²) in [4.78, 5) is 36.3. The summed E-state index contributed by atoms with van der Waals surface area (Å²) in [6.45, 7) is 0.0508. The van der Waals surface area contributed by atoms with Crippen LogP contribution in [-0.2, 0) is 11.3 Å². The minimum Gasteiger partial charge on any atom is -0.443 e. The SMILES string of the molecule is O=C(Nn1c(=O)[nH]c2cc([N+](=O)[O-])ccc21)OCc1ccccc1. The number of rotatable bonds is 4. The van der Waals surface area contributed by atoms with Crippen molar-refractivity contribution in [2.45, 2.75) is 6.61 Å². The molecular weight excluding hydrogens is 316 g/mol. The summed E-state index contributed by atoms with van der Waals surface area (Å²) in [5.41, 5.74) is 2.82. The Labute approximate surface area is 134 Å². The third kappa shape index (κ3) is 3.09. The van der Waals surface area contributed by atoms with Gasteiger partial charge in [-0.25, -0.2) is 15.0 Å². The second-order valence-corrected chi connectivity index (χ2v) is 4.90. The average Bonchev–Trinajstić information content (AvgIpc) is 2.89. The Morgan fingerprint density at radius 1 is 1.25 bits per heavy atom. The van der Waals surface area contributed by atoms with Gasteiger partial charge in [-0.15, -0.1) is 0 Å². The van der Waals surface area contributed by atoms with Gasteiger partial charge in [-0.3, -0.25) is 10.1 Å². The molecule has 3 aromatic rings. The fourth-order valence-electron chi connectivity index (χ4n) is 2.17. The number of imidazole rings is 1. The van der Waals surface area contributed by atoms with Gasteiger partial charge in [-0.05, 0) is 11.6 Å². The van der Waals surface area contributed by atoms with Crippen LogP contribution < -0.4 is 11.1 Å². The van der Waals surface area contributed by atoms with E-state index in [0.29, 0.717) is 5.52 Å². The Balaban J connectivity index is 1.77. The van der Waals surface area contributed by atoms with Crippen molar-refractivity contribution in [1.29, 1.82) is 0 Å². The molecule has 0 spiro atoms. The van der Waals surface area contributed by atoms with Crippen LogP contribution in [-0.4, -0.2) is 20.7 Å². The molecule has 1 amide bonds. The van der Waals surface area contributed by atoms with E-state index in [-0.39, 0.29) is 17.8 Å². The second-order valence-electron chi connectivity index (χ2n) is 4.90. The molecule has 0 atom stereocenters. The topological polar surface area (TPSA) is 119 Å². The molecule has 9 heteroatoms. The maximum Gasteiger partial charge on any atom is 0.426 e. The number of amides is 1. The number of non-ortho nitro benzene ring substituents is 1. The van der Waals surface area contributed by atoms with Gasteiger partial charge in [-0.1, -0.05) is 30.3 Å². The van der Waals surface area contributed by atoms with Crippen LogP contribution >= 0.6 is 0 Å². The molecule has 24 heavy (non-hydrogen) atoms. The maximum absolute atomic E-state index is 11.9. The first kappa shape index (κ1) is 15.3. The number of nitro benzene ring substituents is 1. The number of fused-ring (bicyclic) bond motifs is 1. The van der Waals surface area contributed by atoms with Crippen molar-refractivity contribution in [2.75, 3.05) is 5.43 Å². The monoisotopic (exact) mass is 328 g/mol. The van der Waals surface area contributed by atoms with Gasteiger partial charge in [0.2, 0.25) is 0 Å². The highest BCUT2D eigenvalue weighted by atomic mass is 16.6. The molecule has 2 N–H and O–H groups in total. The van der Waals surface area contributed by atoms with Gasteiger partial charge < -0.3 is 9.72 Å². The first-order valence-corrected chi connectivity index (χ1v) is 6.91. The minimum atomic E-state index is -0.819. The number of nitrogens with one attached hydrogen (secondary N) is 2. The Kier molecular flexibility index (Phi) is 3.98. The van der Waals surface area contributed by atoms with Gasteiger partial charge >= 0.3 is 11.8 Å². The molecule has 122 valence electrons. The van der Waals surface area contributed by atoms with Crippen molar-refractivity contribution in [3.05, 3.63) is 74.7 Å². The molecule has 0 aliphatic carbocycles. The Morgan fingerprint density at radius 2 is 2.00 bits per heavy atom. The minimum absolute atomic E-state index is 0.0508. The number of carbonyl (C=O) groups is 1. The lowest BCUT2D eigenvalue weighted by molar-refractivity contribution is -0.384. The zero-order valence-corrected chi connectivity index (χ0v) is 12.3. The highest BCUT2D eigenvalue weighted by Crippen LogP contribution is 2.17. The van der Waals surface area contributed by atoms with E-state index in [2.05, 4.69) is 10.4 Å². The molecule has 0 fully saturated rings. The van der Waals surface area contributed by atoms with Gasteiger partial charge in [0.15, 0.2) is 0 Å². The van der Waals surface area contributed by atoms with Crippen LogP contribution in [0.25, 0.3) is 11.0 Å². The molecule has 1 heterocycles. The number of benzene rings is 2. The summed E-state index contributed by atoms with van der Waals surface area (Å²) < 4.78 is 5.97. The first-order chi connectivity index (χ1) is 11.5. The average molecular weight is 328 g/mol. The van der Waals surface area contributed by atoms with Crippen molar-refractivity contribution in [3.63, 3.8) is 0 Å². The number of carbonyl (C=O) groups excluding carboxylic acids is 1. The van der Waals surface area contributed by atoms with Crippen molar-refractivity contribution < 1.29 is 14.5 Å². The maximum atomic E-state index is 11.9. The summed E-state index contributed by atoms with van der Waals surface area (Å²) in [6, 6.07) is 12.9. The summed E-state index contributed by atoms with van der Waals surface area (Å²) >= 11 is 0. The third-order valence-corrected chi connectivity index (χ3v) is 3.29. The van der Waals surface area contributed by atoms with Crippen LogP contribution in [0.1, 0.15) is 5.56 Å². The predicted octanol–water partition coefficient (Wildman–Crippen LogP) is 2.12. The lowest BCUT2D eigenvalue weighted by atomic mass is 10.2. The Hall–Kier alpha value is -3.62. The molecule has 3 rings (SSSR count). The first-order valence-electron chi connectivity index (χ1n) is 6.91. The molecule has 0 unspecified atom stereocenters. The lowest BCUT2D eigenvalue weighted by Crippen LogP contribution is -2.31. The molecule has 1 aromatic heterocycles. The summed E-state index contributed by atoms with van der Waals surface area (Å²) in [5.74, 6) is 0. The molecule has 0 radical (unpaired) electrons. The van der Waals surface area contributed by atoms with Crippen LogP contribution in [0.5, 0.6) is 0 Å². The molecule has 0 saturated heterocycles. The number of nitro groups is 1. The number of aromatic amines is 1. The van der Waals surface area contributed by atoms with E-state index in [4.69, 9.17) is 4.74 Å². The van der Waals surface area contributed by atoms with Crippen LogP contribution in [0.3, 0.4) is 0 Å². The Morgan fingerprint density at radius 3 is 2.71 bits per heavy atom. The molecule has 0 aliphatic rings. The highest BCUT2D eigenvalue weighted by molar-refractivity contribution is 5.82. The molecule has 0 aliphatic heterocycles. The van der Waals surface area contributed by atoms with Crippen LogP contribution in [0.4, 0.5) is 10.5 Å². The number of aromatic nitrogens is 2. The number of ether oxygens (including phenoxy) is 1. The highest BCUT2D eigenvalue weighted by Gasteiger charge is 2.14. The fraction of sp³-hybridized carbons (Fsp3) is 0.0667. The van der Waals surface area contributed by atoms with Crippen LogP contribution in [0.15, 0.2) is 53.3 Å². The van der Waals surface area contributed by atoms with E-state index in [0.717, 1.165) is 10.2 Å². The molecule has 0 saturated carbocycles. The third-order valence-electron chi connectivity index (χ3n) is 3.29. The van der Waals surface area contributed by atoms with Crippen molar-refractivity contribution in [2.24, 2.45) is 0 Å². The number of H-pyrrole nitrogens is 1. The summed E-state index contributed by atoms with van der Waals surface area (Å²) in [5, 5.41) is 10.8. The second kappa shape index (κ2) is 6.24. The number of hydrogen-bond donors (Lipinski definition) is 2. The van der Waals surface area contributed by atoms with E-state index in [1.807, 2.05) is 18.2 Å². The van der Waals surface area contributed by atoms with Crippen molar-refractivity contribution >= 4 is 22.8 Å². The van der Waals surface area contributed by atoms with Crippen molar-refractivity contribution in [1.82, 2.24) is 9.66 Å². The van der Waals surface area contributed by atoms with Gasteiger partial charge in [0, 0.05) is 12.1 Å². The van der Waals surface area contributed by atoms with Crippen LogP contribution in [0.2, 0.25) is 0 Å². The van der Waals surface area contributed by atoms with Gasteiger partial charge in [0.25, 0.3) is 5.69 Å². The number of nitrogens with zero attached hydrogens (tertiary/aromatic N) is 2. The smallest absolute Gasteiger partial charge is 0.426 e. The molecule has 9 nitrogen and oxygen atoms in total. The zero-order chi connectivity index (χ0) is 17.1. The molecule has 0 bridgehead atoms. The molecular formula is C15H12N4O5. The zero-order valence-electron chi connectivity index (χ0n) is 12.3. The van der Waals surface area contributed by atoms with Gasteiger partial charge in [-0.2, -0.15) is 4.68 Å². The van der Waals surface area contributed by atoms with Gasteiger partial charge in [0.1, 0.15) is 6.61 Å².